The lowest BCUT2D eigenvalue weighted by Crippen LogP contribution is -2.46. The molecular weight excluding hydrogens is 208 g/mol. The fraction of sp³-hybridized carbons (Fsp3) is 1.00. The van der Waals surface area contributed by atoms with Gasteiger partial charge in [-0.25, -0.2) is 0 Å². The third-order valence-electron chi connectivity index (χ3n) is 4.66. The maximum absolute atomic E-state index is 5.80. The van der Waals surface area contributed by atoms with Crippen LogP contribution in [0, 0.1) is 5.92 Å². The van der Waals surface area contributed by atoms with Crippen LogP contribution in [0.3, 0.4) is 0 Å². The summed E-state index contributed by atoms with van der Waals surface area (Å²) in [7, 11) is 0. The monoisotopic (exact) mass is 240 g/mol. The summed E-state index contributed by atoms with van der Waals surface area (Å²) < 4.78 is 0. The van der Waals surface area contributed by atoms with Crippen molar-refractivity contribution in [2.75, 3.05) is 13.1 Å². The maximum atomic E-state index is 5.80. The lowest BCUT2D eigenvalue weighted by Gasteiger charge is -2.41. The third kappa shape index (κ3) is 4.26. The first-order valence-corrected chi connectivity index (χ1v) is 7.72. The topological polar surface area (TPSA) is 29.3 Å². The minimum Gasteiger partial charge on any atom is -0.329 e. The molecule has 0 saturated heterocycles. The van der Waals surface area contributed by atoms with Gasteiger partial charge < -0.3 is 5.73 Å². The Hall–Kier alpha value is -0.0800. The number of hydrogen-bond donors (Lipinski definition) is 1. The van der Waals surface area contributed by atoms with Crippen LogP contribution in [-0.4, -0.2) is 30.1 Å². The van der Waals surface area contributed by atoms with Gasteiger partial charge in [0.2, 0.25) is 0 Å². The van der Waals surface area contributed by atoms with E-state index >= 15 is 0 Å². The van der Waals surface area contributed by atoms with Gasteiger partial charge in [0, 0.05) is 25.2 Å². The van der Waals surface area contributed by atoms with Crippen LogP contribution in [0.5, 0.6) is 0 Å². The van der Waals surface area contributed by atoms with E-state index in [9.17, 15) is 0 Å². The highest BCUT2D eigenvalue weighted by Crippen LogP contribution is 2.31. The van der Waals surface area contributed by atoms with Crippen molar-refractivity contribution in [2.45, 2.75) is 77.8 Å². The molecule has 0 atom stereocenters. The van der Waals surface area contributed by atoms with Crippen molar-refractivity contribution in [3.8, 4) is 0 Å². The van der Waals surface area contributed by atoms with Crippen LogP contribution in [0.15, 0.2) is 0 Å². The van der Waals surface area contributed by atoms with Gasteiger partial charge in [-0.1, -0.05) is 27.2 Å². The Morgan fingerprint density at radius 1 is 1.06 bits per heavy atom. The average Bonchev–Trinajstić information content (AvgIpc) is 2.39. The molecule has 17 heavy (non-hydrogen) atoms. The fourth-order valence-electron chi connectivity index (χ4n) is 3.45. The van der Waals surface area contributed by atoms with Gasteiger partial charge in [0.25, 0.3) is 0 Å². The zero-order valence-electron chi connectivity index (χ0n) is 12.1. The molecule has 2 nitrogen and oxygen atoms in total. The van der Waals surface area contributed by atoms with Crippen LogP contribution < -0.4 is 5.73 Å². The van der Waals surface area contributed by atoms with Crippen molar-refractivity contribution in [3.05, 3.63) is 0 Å². The SMILES string of the molecule is CCC1CCC(N(CCN)C(CC)CC)CC1. The molecule has 2 N–H and O–H groups in total. The van der Waals surface area contributed by atoms with Crippen LogP contribution in [0.1, 0.15) is 65.7 Å². The molecule has 0 aromatic carbocycles. The minimum atomic E-state index is 0.752. The molecule has 1 fully saturated rings. The Morgan fingerprint density at radius 3 is 2.06 bits per heavy atom. The zero-order chi connectivity index (χ0) is 12.7. The van der Waals surface area contributed by atoms with Gasteiger partial charge in [-0.2, -0.15) is 0 Å². The van der Waals surface area contributed by atoms with Crippen molar-refractivity contribution < 1.29 is 0 Å². The molecular formula is C15H32N2. The maximum Gasteiger partial charge on any atom is 0.0110 e. The quantitative estimate of drug-likeness (QED) is 0.739. The first-order valence-electron chi connectivity index (χ1n) is 7.72. The van der Waals surface area contributed by atoms with Gasteiger partial charge in [-0.3, -0.25) is 4.90 Å². The summed E-state index contributed by atoms with van der Waals surface area (Å²) in [5.41, 5.74) is 5.80. The zero-order valence-corrected chi connectivity index (χ0v) is 12.1. The van der Waals surface area contributed by atoms with Gasteiger partial charge in [-0.15, -0.1) is 0 Å². The smallest absolute Gasteiger partial charge is 0.0110 e. The highest BCUT2D eigenvalue weighted by atomic mass is 15.2. The molecule has 0 aromatic rings. The van der Waals surface area contributed by atoms with Crippen molar-refractivity contribution in [3.63, 3.8) is 0 Å². The third-order valence-corrected chi connectivity index (χ3v) is 4.66. The molecule has 0 bridgehead atoms. The summed E-state index contributed by atoms with van der Waals surface area (Å²) in [6.07, 6.45) is 9.57. The normalized spacial score (nSPS) is 25.8. The van der Waals surface area contributed by atoms with Gasteiger partial charge >= 0.3 is 0 Å². The van der Waals surface area contributed by atoms with E-state index in [1.165, 1.54) is 44.9 Å². The number of nitrogens with zero attached hydrogens (tertiary/aromatic N) is 1. The molecule has 2 heteroatoms. The van der Waals surface area contributed by atoms with Gasteiger partial charge in [0.1, 0.15) is 0 Å². The summed E-state index contributed by atoms with van der Waals surface area (Å²) in [6, 6.07) is 1.56. The van der Waals surface area contributed by atoms with Gasteiger partial charge in [0.15, 0.2) is 0 Å². The van der Waals surface area contributed by atoms with E-state index in [0.717, 1.165) is 31.1 Å². The Morgan fingerprint density at radius 2 is 1.65 bits per heavy atom. The lowest BCUT2D eigenvalue weighted by molar-refractivity contribution is 0.0881. The molecule has 1 aliphatic rings. The van der Waals surface area contributed by atoms with E-state index in [1.54, 1.807) is 0 Å². The van der Waals surface area contributed by atoms with Crippen molar-refractivity contribution >= 4 is 0 Å². The van der Waals surface area contributed by atoms with Gasteiger partial charge in [0.05, 0.1) is 0 Å². The van der Waals surface area contributed by atoms with Crippen LogP contribution in [0.25, 0.3) is 0 Å². The molecule has 1 aliphatic carbocycles. The Labute approximate surface area is 108 Å². The Kier molecular flexibility index (Phi) is 7.14. The predicted octanol–water partition coefficient (Wildman–Crippen LogP) is 3.40. The molecule has 0 radical (unpaired) electrons. The van der Waals surface area contributed by atoms with Crippen LogP contribution in [-0.2, 0) is 0 Å². The largest absolute Gasteiger partial charge is 0.329 e. The Bertz CT molecular complexity index is 181. The number of nitrogens with two attached hydrogens (primary N) is 1. The van der Waals surface area contributed by atoms with E-state index in [1.807, 2.05) is 0 Å². The van der Waals surface area contributed by atoms with Crippen molar-refractivity contribution in [1.29, 1.82) is 0 Å². The molecule has 0 aliphatic heterocycles. The highest BCUT2D eigenvalue weighted by Gasteiger charge is 2.27. The molecule has 102 valence electrons. The predicted molar refractivity (Wildman–Crippen MR) is 76.2 cm³/mol. The van der Waals surface area contributed by atoms with Crippen LogP contribution >= 0.6 is 0 Å². The van der Waals surface area contributed by atoms with E-state index < -0.39 is 0 Å². The highest BCUT2D eigenvalue weighted by molar-refractivity contribution is 4.83. The molecule has 0 aromatic heterocycles. The van der Waals surface area contributed by atoms with Crippen LogP contribution in [0.2, 0.25) is 0 Å². The summed E-state index contributed by atoms with van der Waals surface area (Å²) in [4.78, 5) is 2.71. The summed E-state index contributed by atoms with van der Waals surface area (Å²) in [5.74, 6) is 0.993. The fourth-order valence-corrected chi connectivity index (χ4v) is 3.45. The second kappa shape index (κ2) is 8.10. The molecule has 1 rings (SSSR count). The van der Waals surface area contributed by atoms with E-state index in [2.05, 4.69) is 25.7 Å². The molecule has 0 amide bonds. The van der Waals surface area contributed by atoms with Crippen LogP contribution in [0.4, 0.5) is 0 Å². The first kappa shape index (κ1) is 15.0. The van der Waals surface area contributed by atoms with Crippen molar-refractivity contribution in [1.82, 2.24) is 4.90 Å². The standard InChI is InChI=1S/C15H32N2/c1-4-13-7-9-15(10-8-13)17(12-11-16)14(5-2)6-3/h13-15H,4-12,16H2,1-3H3. The summed E-state index contributed by atoms with van der Waals surface area (Å²) >= 11 is 0. The Balaban J connectivity index is 2.52. The summed E-state index contributed by atoms with van der Waals surface area (Å²) in [6.45, 7) is 8.87. The van der Waals surface area contributed by atoms with E-state index in [0.29, 0.717) is 0 Å². The molecule has 0 spiro atoms. The molecule has 0 unspecified atom stereocenters. The number of hydrogen-bond acceptors (Lipinski definition) is 2. The van der Waals surface area contributed by atoms with Gasteiger partial charge in [-0.05, 0) is 44.4 Å². The lowest BCUT2D eigenvalue weighted by atomic mass is 9.83. The van der Waals surface area contributed by atoms with Crippen molar-refractivity contribution in [2.24, 2.45) is 11.7 Å². The summed E-state index contributed by atoms with van der Waals surface area (Å²) in [5, 5.41) is 0. The van der Waals surface area contributed by atoms with E-state index in [4.69, 9.17) is 5.73 Å². The second-order valence-electron chi connectivity index (χ2n) is 5.58. The van der Waals surface area contributed by atoms with E-state index in [-0.39, 0.29) is 0 Å². The second-order valence-corrected chi connectivity index (χ2v) is 5.58. The average molecular weight is 240 g/mol. The molecule has 1 saturated carbocycles. The molecule has 0 heterocycles. The minimum absolute atomic E-state index is 0.752. The first-order chi connectivity index (χ1) is 8.26. The number of rotatable bonds is 7.